The molecule has 0 radical (unpaired) electrons. The number of nitrogens with zero attached hydrogens (tertiary/aromatic N) is 2. The first-order valence-corrected chi connectivity index (χ1v) is 9.26. The summed E-state index contributed by atoms with van der Waals surface area (Å²) in [5, 5.41) is 6.30. The first-order chi connectivity index (χ1) is 11.6. The number of benzene rings is 1. The third-order valence-electron chi connectivity index (χ3n) is 3.30. The Balaban J connectivity index is 1.86. The fraction of sp³-hybridized carbons (Fsp3) is 0.438. The van der Waals surface area contributed by atoms with Crippen molar-refractivity contribution >= 4 is 16.1 Å². The van der Waals surface area contributed by atoms with E-state index in [0.29, 0.717) is 18.1 Å². The lowest BCUT2D eigenvalue weighted by Crippen LogP contribution is -2.40. The molecule has 0 spiro atoms. The summed E-state index contributed by atoms with van der Waals surface area (Å²) >= 11 is 0. The van der Waals surface area contributed by atoms with Gasteiger partial charge in [-0.25, -0.2) is 17.9 Å². The first kappa shape index (κ1) is 18.9. The molecule has 136 valence electrons. The summed E-state index contributed by atoms with van der Waals surface area (Å²) in [4.78, 5) is 16.1. The van der Waals surface area contributed by atoms with Gasteiger partial charge in [-0.3, -0.25) is 0 Å². The standard InChI is InChI=1S/C16H22N4O4S/c1-11-5-7-12(8-6-11)25(22,23)20-15(21)17-10-9-13-18-14(24-19-13)16(2,3)4/h5-8H,9-10H2,1-4H3,(H2,17,20,21). The van der Waals surface area contributed by atoms with Crippen molar-refractivity contribution in [3.63, 3.8) is 0 Å². The van der Waals surface area contributed by atoms with E-state index in [4.69, 9.17) is 4.52 Å². The number of hydrogen-bond acceptors (Lipinski definition) is 6. The van der Waals surface area contributed by atoms with Gasteiger partial charge < -0.3 is 9.84 Å². The quantitative estimate of drug-likeness (QED) is 0.835. The lowest BCUT2D eigenvalue weighted by molar-refractivity contribution is 0.246. The van der Waals surface area contributed by atoms with Gasteiger partial charge in [0.2, 0.25) is 5.89 Å². The second-order valence-corrected chi connectivity index (χ2v) is 8.37. The zero-order chi connectivity index (χ0) is 18.7. The zero-order valence-corrected chi connectivity index (χ0v) is 15.5. The van der Waals surface area contributed by atoms with Crippen LogP contribution in [0.4, 0.5) is 4.79 Å². The Bertz CT molecular complexity index is 836. The first-order valence-electron chi connectivity index (χ1n) is 7.78. The molecule has 2 N–H and O–H groups in total. The van der Waals surface area contributed by atoms with Gasteiger partial charge in [0.15, 0.2) is 5.82 Å². The molecule has 1 aromatic heterocycles. The topological polar surface area (TPSA) is 114 Å². The van der Waals surface area contributed by atoms with Crippen molar-refractivity contribution in [3.05, 3.63) is 41.5 Å². The summed E-state index contributed by atoms with van der Waals surface area (Å²) < 4.78 is 31.3. The minimum atomic E-state index is -3.90. The maximum atomic E-state index is 12.1. The molecule has 0 aliphatic heterocycles. The van der Waals surface area contributed by atoms with E-state index >= 15 is 0 Å². The molecule has 0 unspecified atom stereocenters. The Hall–Kier alpha value is -2.42. The molecule has 25 heavy (non-hydrogen) atoms. The zero-order valence-electron chi connectivity index (χ0n) is 14.7. The lowest BCUT2D eigenvalue weighted by Gasteiger charge is -2.10. The maximum absolute atomic E-state index is 12.1. The van der Waals surface area contributed by atoms with Crippen LogP contribution in [-0.4, -0.2) is 31.1 Å². The van der Waals surface area contributed by atoms with Crippen LogP contribution in [0.2, 0.25) is 0 Å². The van der Waals surface area contributed by atoms with Crippen molar-refractivity contribution in [1.82, 2.24) is 20.2 Å². The van der Waals surface area contributed by atoms with Crippen molar-refractivity contribution in [2.24, 2.45) is 0 Å². The molecule has 9 heteroatoms. The number of urea groups is 1. The second-order valence-electron chi connectivity index (χ2n) is 6.69. The van der Waals surface area contributed by atoms with Crippen LogP contribution in [0.5, 0.6) is 0 Å². The summed E-state index contributed by atoms with van der Waals surface area (Å²) in [6.45, 7) is 7.88. The largest absolute Gasteiger partial charge is 0.339 e. The molecule has 1 aromatic carbocycles. The summed E-state index contributed by atoms with van der Waals surface area (Å²) in [5.41, 5.74) is 0.677. The van der Waals surface area contributed by atoms with Crippen molar-refractivity contribution in [3.8, 4) is 0 Å². The van der Waals surface area contributed by atoms with Gasteiger partial charge in [-0.2, -0.15) is 4.98 Å². The Kier molecular flexibility index (Phi) is 5.46. The number of rotatable bonds is 5. The van der Waals surface area contributed by atoms with Crippen LogP contribution >= 0.6 is 0 Å². The van der Waals surface area contributed by atoms with Gasteiger partial charge in [0.1, 0.15) is 0 Å². The van der Waals surface area contributed by atoms with Crippen LogP contribution in [-0.2, 0) is 21.9 Å². The molecule has 0 bridgehead atoms. The Morgan fingerprint density at radius 3 is 2.40 bits per heavy atom. The van der Waals surface area contributed by atoms with Crippen molar-refractivity contribution in [1.29, 1.82) is 0 Å². The summed E-state index contributed by atoms with van der Waals surface area (Å²) in [5.74, 6) is 0.959. The smallest absolute Gasteiger partial charge is 0.328 e. The van der Waals surface area contributed by atoms with Crippen LogP contribution in [0.25, 0.3) is 0 Å². The Morgan fingerprint density at radius 2 is 1.84 bits per heavy atom. The molecule has 2 rings (SSSR count). The summed E-state index contributed by atoms with van der Waals surface area (Å²) in [6.07, 6.45) is 0.331. The highest BCUT2D eigenvalue weighted by atomic mass is 32.2. The number of nitrogens with one attached hydrogen (secondary N) is 2. The molecule has 0 saturated heterocycles. The van der Waals surface area contributed by atoms with Crippen LogP contribution in [0.1, 0.15) is 38.0 Å². The van der Waals surface area contributed by atoms with E-state index in [0.717, 1.165) is 5.56 Å². The third-order valence-corrected chi connectivity index (χ3v) is 4.65. The van der Waals surface area contributed by atoms with Gasteiger partial charge in [-0.05, 0) is 19.1 Å². The van der Waals surface area contributed by atoms with Crippen molar-refractivity contribution in [2.75, 3.05) is 6.54 Å². The van der Waals surface area contributed by atoms with Crippen LogP contribution in [0, 0.1) is 6.92 Å². The number of sulfonamides is 1. The lowest BCUT2D eigenvalue weighted by atomic mass is 9.97. The highest BCUT2D eigenvalue weighted by Crippen LogP contribution is 2.19. The predicted molar refractivity (Wildman–Crippen MR) is 91.6 cm³/mol. The molecule has 0 fully saturated rings. The van der Waals surface area contributed by atoms with E-state index in [1.165, 1.54) is 12.1 Å². The van der Waals surface area contributed by atoms with E-state index in [-0.39, 0.29) is 16.9 Å². The molecule has 1 heterocycles. The molecule has 0 aliphatic rings. The Morgan fingerprint density at radius 1 is 1.20 bits per heavy atom. The van der Waals surface area contributed by atoms with Crippen LogP contribution < -0.4 is 10.0 Å². The second kappa shape index (κ2) is 7.22. The van der Waals surface area contributed by atoms with E-state index in [1.807, 2.05) is 32.4 Å². The normalized spacial score (nSPS) is 12.0. The Labute approximate surface area is 147 Å². The number of carbonyl (C=O) groups excluding carboxylic acids is 1. The van der Waals surface area contributed by atoms with Gasteiger partial charge >= 0.3 is 6.03 Å². The third kappa shape index (κ3) is 5.28. The average Bonchev–Trinajstić information content (AvgIpc) is 2.96. The van der Waals surface area contributed by atoms with E-state index < -0.39 is 16.1 Å². The highest BCUT2D eigenvalue weighted by molar-refractivity contribution is 7.90. The number of aryl methyl sites for hydroxylation is 1. The maximum Gasteiger partial charge on any atom is 0.328 e. The molecule has 8 nitrogen and oxygen atoms in total. The molecule has 0 saturated carbocycles. The van der Waals surface area contributed by atoms with Gasteiger partial charge in [0.05, 0.1) is 4.90 Å². The summed E-state index contributed by atoms with van der Waals surface area (Å²) in [6, 6.07) is 5.40. The molecule has 2 amide bonds. The van der Waals surface area contributed by atoms with Crippen LogP contribution in [0.15, 0.2) is 33.7 Å². The average molecular weight is 366 g/mol. The molecule has 0 aliphatic carbocycles. The van der Waals surface area contributed by atoms with Gasteiger partial charge in [0, 0.05) is 18.4 Å². The molecular formula is C16H22N4O4S. The predicted octanol–water partition coefficient (Wildman–Crippen LogP) is 1.91. The molecular weight excluding hydrogens is 344 g/mol. The van der Waals surface area contributed by atoms with Gasteiger partial charge in [-0.15, -0.1) is 0 Å². The fourth-order valence-electron chi connectivity index (χ4n) is 1.88. The molecule has 0 atom stereocenters. The van der Waals surface area contributed by atoms with E-state index in [2.05, 4.69) is 15.5 Å². The fourth-order valence-corrected chi connectivity index (χ4v) is 2.81. The van der Waals surface area contributed by atoms with Gasteiger partial charge in [-0.1, -0.05) is 43.6 Å². The highest BCUT2D eigenvalue weighted by Gasteiger charge is 2.22. The summed E-state index contributed by atoms with van der Waals surface area (Å²) in [7, 11) is -3.90. The van der Waals surface area contributed by atoms with E-state index in [1.54, 1.807) is 12.1 Å². The van der Waals surface area contributed by atoms with E-state index in [9.17, 15) is 13.2 Å². The number of carbonyl (C=O) groups is 1. The van der Waals surface area contributed by atoms with Crippen molar-refractivity contribution < 1.29 is 17.7 Å². The van der Waals surface area contributed by atoms with Crippen LogP contribution in [0.3, 0.4) is 0 Å². The minimum absolute atomic E-state index is 0.0289. The van der Waals surface area contributed by atoms with Crippen molar-refractivity contribution in [2.45, 2.75) is 44.4 Å². The number of amides is 2. The molecule has 2 aromatic rings. The minimum Gasteiger partial charge on any atom is -0.339 e. The number of aromatic nitrogens is 2. The SMILES string of the molecule is Cc1ccc(S(=O)(=O)NC(=O)NCCc2noc(C(C)(C)C)n2)cc1. The number of hydrogen-bond donors (Lipinski definition) is 2. The monoisotopic (exact) mass is 366 g/mol. The van der Waals surface area contributed by atoms with Gasteiger partial charge in [0.25, 0.3) is 10.0 Å².